The van der Waals surface area contributed by atoms with Crippen LogP contribution in [-0.2, 0) is 16.4 Å². The molecule has 0 atom stereocenters. The molecule has 5 heteroatoms. The van der Waals surface area contributed by atoms with Gasteiger partial charge in [-0.1, -0.05) is 44.4 Å². The van der Waals surface area contributed by atoms with Crippen molar-refractivity contribution in [2.24, 2.45) is 0 Å². The van der Waals surface area contributed by atoms with E-state index in [2.05, 4.69) is 16.6 Å². The lowest BCUT2D eigenvalue weighted by Gasteiger charge is -2.22. The Hall–Kier alpha value is -1.72. The van der Waals surface area contributed by atoms with Gasteiger partial charge in [0.2, 0.25) is 10.0 Å². The Labute approximate surface area is 144 Å². The Kier molecular flexibility index (Phi) is 5.31. The molecule has 0 aliphatic heterocycles. The molecule has 0 saturated heterocycles. The van der Waals surface area contributed by atoms with Crippen molar-refractivity contribution in [3.63, 3.8) is 0 Å². The Morgan fingerprint density at radius 3 is 2.46 bits per heavy atom. The Bertz CT molecular complexity index is 779. The van der Waals surface area contributed by atoms with Crippen LogP contribution in [0.5, 0.6) is 0 Å². The minimum absolute atomic E-state index is 0.0773. The van der Waals surface area contributed by atoms with Crippen LogP contribution >= 0.6 is 0 Å². The molecule has 1 aliphatic rings. The number of nitrogens with one attached hydrogen (secondary N) is 1. The molecule has 1 saturated carbocycles. The van der Waals surface area contributed by atoms with Crippen molar-refractivity contribution in [2.45, 2.75) is 56.4 Å². The number of aryl methyl sites for hydroxylation is 1. The second-order valence-electron chi connectivity index (χ2n) is 6.33. The first-order chi connectivity index (χ1) is 11.6. The minimum Gasteiger partial charge on any atom is -0.261 e. The fourth-order valence-electron chi connectivity index (χ4n) is 3.30. The molecule has 128 valence electrons. The average molecular weight is 344 g/mol. The number of pyridine rings is 1. The van der Waals surface area contributed by atoms with E-state index in [1.54, 1.807) is 18.3 Å². The molecule has 24 heavy (non-hydrogen) atoms. The molecule has 4 nitrogen and oxygen atoms in total. The summed E-state index contributed by atoms with van der Waals surface area (Å²) in [5.74, 6) is 0. The smallest absolute Gasteiger partial charge is 0.240 e. The normalized spacial score (nSPS) is 16.2. The minimum atomic E-state index is -3.44. The van der Waals surface area contributed by atoms with Gasteiger partial charge in [-0.25, -0.2) is 13.1 Å². The van der Waals surface area contributed by atoms with Crippen LogP contribution < -0.4 is 4.72 Å². The molecule has 0 spiro atoms. The maximum atomic E-state index is 12.5. The number of rotatable bonds is 5. The predicted octanol–water partition coefficient (Wildman–Crippen LogP) is 3.92. The third-order valence-corrected chi connectivity index (χ3v) is 6.16. The van der Waals surface area contributed by atoms with Crippen LogP contribution in [0.1, 0.15) is 44.7 Å². The number of hydrogen-bond acceptors (Lipinski definition) is 3. The van der Waals surface area contributed by atoms with Crippen LogP contribution in [0.3, 0.4) is 0 Å². The Morgan fingerprint density at radius 2 is 1.79 bits per heavy atom. The molecule has 0 amide bonds. The first-order valence-electron chi connectivity index (χ1n) is 8.67. The average Bonchev–Trinajstić information content (AvgIpc) is 2.62. The van der Waals surface area contributed by atoms with Gasteiger partial charge in [-0.05, 0) is 43.0 Å². The topological polar surface area (TPSA) is 59.1 Å². The van der Waals surface area contributed by atoms with E-state index >= 15 is 0 Å². The molecule has 0 unspecified atom stereocenters. The summed E-state index contributed by atoms with van der Waals surface area (Å²) in [6.45, 7) is 2.07. The zero-order valence-corrected chi connectivity index (χ0v) is 14.8. The zero-order chi connectivity index (χ0) is 17.0. The van der Waals surface area contributed by atoms with Gasteiger partial charge in [0.1, 0.15) is 0 Å². The van der Waals surface area contributed by atoms with Gasteiger partial charge >= 0.3 is 0 Å². The van der Waals surface area contributed by atoms with Crippen LogP contribution in [-0.4, -0.2) is 19.4 Å². The SMILES string of the molecule is CCc1ncccc1-c1ccc(S(=O)(=O)NC2CCCCC2)cc1. The quantitative estimate of drug-likeness (QED) is 0.894. The van der Waals surface area contributed by atoms with Crippen LogP contribution in [0.2, 0.25) is 0 Å². The number of hydrogen-bond donors (Lipinski definition) is 1. The summed E-state index contributed by atoms with van der Waals surface area (Å²) < 4.78 is 27.9. The highest BCUT2D eigenvalue weighted by Gasteiger charge is 2.21. The Morgan fingerprint density at radius 1 is 1.08 bits per heavy atom. The molecule has 3 rings (SSSR count). The van der Waals surface area contributed by atoms with Gasteiger partial charge in [-0.15, -0.1) is 0 Å². The number of sulfonamides is 1. The summed E-state index contributed by atoms with van der Waals surface area (Å²) in [4.78, 5) is 4.72. The summed E-state index contributed by atoms with van der Waals surface area (Å²) in [5.41, 5.74) is 3.08. The maximum absolute atomic E-state index is 12.5. The van der Waals surface area contributed by atoms with Crippen molar-refractivity contribution in [3.05, 3.63) is 48.3 Å². The van der Waals surface area contributed by atoms with E-state index in [0.717, 1.165) is 48.9 Å². The fraction of sp³-hybridized carbons (Fsp3) is 0.421. The second kappa shape index (κ2) is 7.45. The highest BCUT2D eigenvalue weighted by molar-refractivity contribution is 7.89. The van der Waals surface area contributed by atoms with E-state index in [1.165, 1.54) is 6.42 Å². The fourth-order valence-corrected chi connectivity index (χ4v) is 4.61. The van der Waals surface area contributed by atoms with Crippen molar-refractivity contribution >= 4 is 10.0 Å². The van der Waals surface area contributed by atoms with Crippen LogP contribution in [0.15, 0.2) is 47.5 Å². The van der Waals surface area contributed by atoms with Crippen LogP contribution in [0.4, 0.5) is 0 Å². The molecule has 0 radical (unpaired) electrons. The second-order valence-corrected chi connectivity index (χ2v) is 8.05. The van der Waals surface area contributed by atoms with Gasteiger partial charge in [0.15, 0.2) is 0 Å². The van der Waals surface area contributed by atoms with Gasteiger partial charge in [0.05, 0.1) is 4.90 Å². The summed E-state index contributed by atoms with van der Waals surface area (Å²) in [6, 6.07) is 11.1. The maximum Gasteiger partial charge on any atom is 0.240 e. The van der Waals surface area contributed by atoms with Crippen LogP contribution in [0, 0.1) is 0 Å². The standard InChI is InChI=1S/C19H24N2O2S/c1-2-19-18(9-6-14-20-19)15-10-12-17(13-11-15)24(22,23)21-16-7-4-3-5-8-16/h6,9-14,16,21H,2-5,7-8H2,1H3. The van der Waals surface area contributed by atoms with E-state index in [9.17, 15) is 8.42 Å². The monoisotopic (exact) mass is 344 g/mol. The van der Waals surface area contributed by atoms with Gasteiger partial charge in [-0.2, -0.15) is 0 Å². The molecular weight excluding hydrogens is 320 g/mol. The molecule has 2 aromatic rings. The Balaban J connectivity index is 1.80. The number of nitrogens with zero attached hydrogens (tertiary/aromatic N) is 1. The largest absolute Gasteiger partial charge is 0.261 e. The number of benzene rings is 1. The van der Waals surface area contributed by atoms with Crippen LogP contribution in [0.25, 0.3) is 11.1 Å². The molecule has 1 N–H and O–H groups in total. The molecule has 1 aromatic heterocycles. The lowest BCUT2D eigenvalue weighted by molar-refractivity contribution is 0.412. The van der Waals surface area contributed by atoms with Crippen molar-refractivity contribution in [2.75, 3.05) is 0 Å². The third-order valence-electron chi connectivity index (χ3n) is 4.63. The molecule has 1 heterocycles. The number of aromatic nitrogens is 1. The molecule has 1 fully saturated rings. The van der Waals surface area contributed by atoms with Crippen molar-refractivity contribution < 1.29 is 8.42 Å². The summed E-state index contributed by atoms with van der Waals surface area (Å²) in [5, 5.41) is 0. The van der Waals surface area contributed by atoms with E-state index in [4.69, 9.17) is 0 Å². The van der Waals surface area contributed by atoms with Crippen molar-refractivity contribution in [1.29, 1.82) is 0 Å². The summed E-state index contributed by atoms with van der Waals surface area (Å²) in [6.07, 6.45) is 7.92. The molecular formula is C19H24N2O2S. The zero-order valence-electron chi connectivity index (χ0n) is 14.0. The van der Waals surface area contributed by atoms with E-state index < -0.39 is 10.0 Å². The van der Waals surface area contributed by atoms with Crippen molar-refractivity contribution in [3.8, 4) is 11.1 Å². The predicted molar refractivity (Wildman–Crippen MR) is 96.2 cm³/mol. The van der Waals surface area contributed by atoms with Gasteiger partial charge in [-0.3, -0.25) is 4.98 Å². The van der Waals surface area contributed by atoms with Gasteiger partial charge in [0, 0.05) is 23.5 Å². The molecule has 0 bridgehead atoms. The highest BCUT2D eigenvalue weighted by Crippen LogP contribution is 2.25. The molecule has 1 aromatic carbocycles. The van der Waals surface area contributed by atoms with E-state index in [1.807, 2.05) is 24.3 Å². The van der Waals surface area contributed by atoms with Gasteiger partial charge in [0.25, 0.3) is 0 Å². The van der Waals surface area contributed by atoms with Crippen molar-refractivity contribution in [1.82, 2.24) is 9.71 Å². The molecule has 1 aliphatic carbocycles. The first kappa shape index (κ1) is 17.1. The lowest BCUT2D eigenvalue weighted by Crippen LogP contribution is -2.36. The van der Waals surface area contributed by atoms with E-state index in [0.29, 0.717) is 4.90 Å². The third kappa shape index (κ3) is 3.84. The van der Waals surface area contributed by atoms with E-state index in [-0.39, 0.29) is 6.04 Å². The lowest BCUT2D eigenvalue weighted by atomic mass is 9.96. The van der Waals surface area contributed by atoms with Gasteiger partial charge < -0.3 is 0 Å². The first-order valence-corrected chi connectivity index (χ1v) is 10.1. The summed E-state index contributed by atoms with van der Waals surface area (Å²) >= 11 is 0. The highest BCUT2D eigenvalue weighted by atomic mass is 32.2. The summed E-state index contributed by atoms with van der Waals surface area (Å²) in [7, 11) is -3.44.